The van der Waals surface area contributed by atoms with Gasteiger partial charge in [-0.3, -0.25) is 0 Å². The fourth-order valence-corrected chi connectivity index (χ4v) is 1.15. The van der Waals surface area contributed by atoms with Crippen molar-refractivity contribution >= 4 is 12.6 Å². The van der Waals surface area contributed by atoms with Gasteiger partial charge in [-0.2, -0.15) is 12.6 Å². The Morgan fingerprint density at radius 1 is 1.58 bits per heavy atom. The molecule has 2 heteroatoms. The van der Waals surface area contributed by atoms with Crippen LogP contribution in [0.5, 0.6) is 0 Å². The first-order valence-electron chi connectivity index (χ1n) is 4.36. The van der Waals surface area contributed by atoms with Crippen LogP contribution in [-0.2, 0) is 0 Å². The highest BCUT2D eigenvalue weighted by Crippen LogP contribution is 2.15. The molecule has 0 spiro atoms. The van der Waals surface area contributed by atoms with Gasteiger partial charge < -0.3 is 5.32 Å². The molecule has 0 rings (SSSR count). The van der Waals surface area contributed by atoms with E-state index in [-0.39, 0.29) is 0 Å². The largest absolute Gasteiger partial charge is 0.392 e. The summed E-state index contributed by atoms with van der Waals surface area (Å²) in [5.74, 6) is 0. The molecule has 0 heterocycles. The third kappa shape index (κ3) is 3.86. The van der Waals surface area contributed by atoms with Crippen LogP contribution in [0.2, 0.25) is 0 Å². The van der Waals surface area contributed by atoms with E-state index in [1.807, 2.05) is 14.0 Å². The summed E-state index contributed by atoms with van der Waals surface area (Å²) < 4.78 is 0. The lowest BCUT2D eigenvalue weighted by Crippen LogP contribution is -2.05. The Balaban J connectivity index is 4.38. The van der Waals surface area contributed by atoms with Crippen LogP contribution in [0, 0.1) is 0 Å². The molecular weight excluding hydrogens is 166 g/mol. The Bertz CT molecular complexity index is 182. The predicted octanol–water partition coefficient (Wildman–Crippen LogP) is 2.76. The molecule has 0 saturated heterocycles. The first-order chi connectivity index (χ1) is 5.65. The lowest BCUT2D eigenvalue weighted by Gasteiger charge is -2.10. The molecular formula is C10H19NS. The third-order valence-electron chi connectivity index (χ3n) is 1.88. The van der Waals surface area contributed by atoms with Gasteiger partial charge in [0.15, 0.2) is 0 Å². The second kappa shape index (κ2) is 6.18. The van der Waals surface area contributed by atoms with E-state index in [4.69, 9.17) is 0 Å². The second-order valence-electron chi connectivity index (χ2n) is 2.79. The van der Waals surface area contributed by atoms with Gasteiger partial charge >= 0.3 is 0 Å². The SMILES string of the molecule is C/C=C(\C=C(\C)NC)C(S)CC. The summed E-state index contributed by atoms with van der Waals surface area (Å²) in [5.41, 5.74) is 2.46. The zero-order valence-corrected chi connectivity index (χ0v) is 9.28. The zero-order chi connectivity index (χ0) is 9.56. The van der Waals surface area contributed by atoms with E-state index in [1.54, 1.807) is 0 Å². The first kappa shape index (κ1) is 11.6. The number of allylic oxidation sites excluding steroid dienone is 3. The van der Waals surface area contributed by atoms with Crippen molar-refractivity contribution in [1.29, 1.82) is 0 Å². The summed E-state index contributed by atoms with van der Waals surface area (Å²) in [4.78, 5) is 0. The molecule has 12 heavy (non-hydrogen) atoms. The van der Waals surface area contributed by atoms with Crippen molar-refractivity contribution in [1.82, 2.24) is 5.32 Å². The minimum atomic E-state index is 0.360. The minimum absolute atomic E-state index is 0.360. The van der Waals surface area contributed by atoms with E-state index >= 15 is 0 Å². The Morgan fingerprint density at radius 3 is 2.50 bits per heavy atom. The molecule has 0 aliphatic rings. The molecule has 0 fully saturated rings. The Morgan fingerprint density at radius 2 is 2.17 bits per heavy atom. The summed E-state index contributed by atoms with van der Waals surface area (Å²) in [6.45, 7) is 6.25. The number of rotatable bonds is 4. The van der Waals surface area contributed by atoms with Gasteiger partial charge in [0.05, 0.1) is 0 Å². The quantitative estimate of drug-likeness (QED) is 0.507. The zero-order valence-electron chi connectivity index (χ0n) is 8.39. The first-order valence-corrected chi connectivity index (χ1v) is 4.87. The van der Waals surface area contributed by atoms with E-state index in [0.717, 1.165) is 6.42 Å². The van der Waals surface area contributed by atoms with Gasteiger partial charge in [-0.25, -0.2) is 0 Å². The molecule has 0 bridgehead atoms. The number of nitrogens with one attached hydrogen (secondary N) is 1. The lowest BCUT2D eigenvalue weighted by molar-refractivity contribution is 0.930. The topological polar surface area (TPSA) is 12.0 Å². The van der Waals surface area contributed by atoms with Gasteiger partial charge in [-0.15, -0.1) is 0 Å². The van der Waals surface area contributed by atoms with Gasteiger partial charge in [-0.1, -0.05) is 13.0 Å². The van der Waals surface area contributed by atoms with Crippen molar-refractivity contribution in [3.63, 3.8) is 0 Å². The average molecular weight is 185 g/mol. The van der Waals surface area contributed by atoms with Crippen LogP contribution in [0.1, 0.15) is 27.2 Å². The van der Waals surface area contributed by atoms with Crippen LogP contribution in [0.25, 0.3) is 0 Å². The summed E-state index contributed by atoms with van der Waals surface area (Å²) in [5, 5.41) is 3.45. The molecule has 1 nitrogen and oxygen atoms in total. The number of hydrogen-bond donors (Lipinski definition) is 2. The molecule has 0 saturated carbocycles. The minimum Gasteiger partial charge on any atom is -0.392 e. The number of thiol groups is 1. The van der Waals surface area contributed by atoms with Crippen LogP contribution < -0.4 is 5.32 Å². The van der Waals surface area contributed by atoms with Crippen LogP contribution in [0.3, 0.4) is 0 Å². The van der Waals surface area contributed by atoms with Gasteiger partial charge in [0.2, 0.25) is 0 Å². The molecule has 1 N–H and O–H groups in total. The van der Waals surface area contributed by atoms with Crippen molar-refractivity contribution in [2.24, 2.45) is 0 Å². The standard InChI is InChI=1S/C10H19NS/c1-5-9(10(12)6-2)7-8(3)11-4/h5,7,10-12H,6H2,1-4H3/b8-7-,9-5+. The third-order valence-corrected chi connectivity index (χ3v) is 2.55. The fraction of sp³-hybridized carbons (Fsp3) is 0.600. The highest BCUT2D eigenvalue weighted by atomic mass is 32.1. The maximum atomic E-state index is 4.48. The average Bonchev–Trinajstić information content (AvgIpc) is 2.12. The predicted molar refractivity (Wildman–Crippen MR) is 59.6 cm³/mol. The van der Waals surface area contributed by atoms with Crippen LogP contribution in [0.15, 0.2) is 23.4 Å². The number of hydrogen-bond acceptors (Lipinski definition) is 2. The molecule has 0 aliphatic carbocycles. The van der Waals surface area contributed by atoms with Crippen molar-refractivity contribution in [3.05, 3.63) is 23.4 Å². The van der Waals surface area contributed by atoms with E-state index in [2.05, 4.69) is 43.9 Å². The summed E-state index contributed by atoms with van der Waals surface area (Å²) in [6.07, 6.45) is 5.32. The molecule has 0 amide bonds. The van der Waals surface area contributed by atoms with Gasteiger partial charge in [0.1, 0.15) is 0 Å². The molecule has 0 aromatic rings. The van der Waals surface area contributed by atoms with Crippen LogP contribution >= 0.6 is 12.6 Å². The summed E-state index contributed by atoms with van der Waals surface area (Å²) >= 11 is 4.48. The highest BCUT2D eigenvalue weighted by molar-refractivity contribution is 7.81. The smallest absolute Gasteiger partial charge is 0.0261 e. The van der Waals surface area contributed by atoms with Crippen LogP contribution in [0.4, 0.5) is 0 Å². The molecule has 0 aliphatic heterocycles. The molecule has 0 radical (unpaired) electrons. The normalized spacial score (nSPS) is 16.1. The molecule has 1 atom stereocenters. The van der Waals surface area contributed by atoms with Crippen LogP contribution in [-0.4, -0.2) is 12.3 Å². The lowest BCUT2D eigenvalue weighted by atomic mass is 10.1. The highest BCUT2D eigenvalue weighted by Gasteiger charge is 2.02. The Hall–Kier alpha value is -0.370. The van der Waals surface area contributed by atoms with Gasteiger partial charge in [-0.05, 0) is 31.9 Å². The van der Waals surface area contributed by atoms with Crippen molar-refractivity contribution in [3.8, 4) is 0 Å². The summed E-state index contributed by atoms with van der Waals surface area (Å²) in [7, 11) is 1.93. The Kier molecular flexibility index (Phi) is 5.99. The van der Waals surface area contributed by atoms with Crippen molar-refractivity contribution < 1.29 is 0 Å². The van der Waals surface area contributed by atoms with E-state index in [9.17, 15) is 0 Å². The maximum absolute atomic E-state index is 4.48. The second-order valence-corrected chi connectivity index (χ2v) is 3.41. The van der Waals surface area contributed by atoms with Gasteiger partial charge in [0.25, 0.3) is 0 Å². The van der Waals surface area contributed by atoms with Gasteiger partial charge in [0, 0.05) is 18.0 Å². The summed E-state index contributed by atoms with van der Waals surface area (Å²) in [6, 6.07) is 0. The van der Waals surface area contributed by atoms with E-state index in [1.165, 1.54) is 11.3 Å². The van der Waals surface area contributed by atoms with Crippen molar-refractivity contribution in [2.75, 3.05) is 7.05 Å². The maximum Gasteiger partial charge on any atom is 0.0261 e. The van der Waals surface area contributed by atoms with E-state index in [0.29, 0.717) is 5.25 Å². The molecule has 1 unspecified atom stereocenters. The fourth-order valence-electron chi connectivity index (χ4n) is 0.930. The molecule has 0 aromatic carbocycles. The molecule has 70 valence electrons. The Labute approximate surface area is 81.3 Å². The monoisotopic (exact) mass is 185 g/mol. The van der Waals surface area contributed by atoms with Crippen molar-refractivity contribution in [2.45, 2.75) is 32.4 Å². The molecule has 0 aromatic heterocycles. The van der Waals surface area contributed by atoms with E-state index < -0.39 is 0 Å².